The minimum atomic E-state index is -0.235. The Labute approximate surface area is 126 Å². The fourth-order valence-corrected chi connectivity index (χ4v) is 2.48. The Morgan fingerprint density at radius 1 is 1.37 bits per heavy atom. The van der Waals surface area contributed by atoms with Gasteiger partial charge in [0, 0.05) is 16.7 Å². The topological polar surface area (TPSA) is 49.8 Å². The Balaban J connectivity index is 1.95. The maximum absolute atomic E-state index is 11.7. The van der Waals surface area contributed by atoms with E-state index in [0.29, 0.717) is 13.2 Å². The number of carbonyl (C=O) groups excluding carboxylic acids is 1. The summed E-state index contributed by atoms with van der Waals surface area (Å²) in [5.41, 5.74) is 2.11. The number of ether oxygens (including phenoxy) is 1. The molecule has 1 heterocycles. The third-order valence-electron chi connectivity index (χ3n) is 3.18. The monoisotopic (exact) mass is 375 g/mol. The van der Waals surface area contributed by atoms with Gasteiger partial charge in [-0.1, -0.05) is 34.7 Å². The first-order valence-corrected chi connectivity index (χ1v) is 7.94. The van der Waals surface area contributed by atoms with E-state index in [1.54, 1.807) is 4.90 Å². The molecule has 0 saturated carbocycles. The molecule has 1 N–H and O–H groups in total. The van der Waals surface area contributed by atoms with E-state index in [4.69, 9.17) is 4.74 Å². The van der Waals surface area contributed by atoms with Gasteiger partial charge in [-0.3, -0.25) is 4.79 Å². The molecule has 1 aromatic rings. The van der Waals surface area contributed by atoms with Crippen LogP contribution < -0.4 is 4.90 Å². The molecule has 0 radical (unpaired) electrons. The lowest BCUT2D eigenvalue weighted by Crippen LogP contribution is -2.41. The molecule has 0 aliphatic carbocycles. The molecule has 1 atom stereocenters. The SMILES string of the molecule is O=C1COCCN1c1ccc(CC[C@@H](O)CI)cc1. The number of halogens is 1. The second-order valence-corrected chi connectivity index (χ2v) is 5.49. The molecule has 1 saturated heterocycles. The van der Waals surface area contributed by atoms with Gasteiger partial charge < -0.3 is 14.7 Å². The van der Waals surface area contributed by atoms with Crippen LogP contribution in [0.15, 0.2) is 24.3 Å². The molecule has 1 aliphatic rings. The highest BCUT2D eigenvalue weighted by atomic mass is 127. The number of rotatable bonds is 5. The summed E-state index contributed by atoms with van der Waals surface area (Å²) in [6.07, 6.45) is 1.40. The number of alkyl halides is 1. The third-order valence-corrected chi connectivity index (χ3v) is 4.19. The van der Waals surface area contributed by atoms with Crippen LogP contribution >= 0.6 is 22.6 Å². The van der Waals surface area contributed by atoms with Crippen molar-refractivity contribution in [3.63, 3.8) is 0 Å². The summed E-state index contributed by atoms with van der Waals surface area (Å²) in [4.78, 5) is 13.5. The van der Waals surface area contributed by atoms with Crippen LogP contribution in [0, 0.1) is 0 Å². The number of hydrogen-bond acceptors (Lipinski definition) is 3. The minimum absolute atomic E-state index is 0.0133. The number of benzene rings is 1. The fourth-order valence-electron chi connectivity index (χ4n) is 2.04. The number of morpholine rings is 1. The molecule has 104 valence electrons. The summed E-state index contributed by atoms with van der Waals surface area (Å²) in [6.45, 7) is 1.38. The zero-order valence-electron chi connectivity index (χ0n) is 10.7. The Morgan fingerprint density at radius 2 is 2.11 bits per heavy atom. The molecule has 0 spiro atoms. The number of hydrogen-bond donors (Lipinski definition) is 1. The van der Waals surface area contributed by atoms with Gasteiger partial charge in [-0.15, -0.1) is 0 Å². The number of amides is 1. The normalized spacial score (nSPS) is 17.6. The maximum atomic E-state index is 11.7. The van der Waals surface area contributed by atoms with E-state index in [-0.39, 0.29) is 18.6 Å². The first-order chi connectivity index (χ1) is 9.20. The molecule has 2 rings (SSSR count). The number of anilines is 1. The molecule has 0 aromatic heterocycles. The number of aliphatic hydroxyl groups excluding tert-OH is 1. The first-order valence-electron chi connectivity index (χ1n) is 6.42. The van der Waals surface area contributed by atoms with Crippen molar-refractivity contribution in [2.75, 3.05) is 29.1 Å². The molecular formula is C14H18INO3. The summed E-state index contributed by atoms with van der Waals surface area (Å²) in [5, 5.41) is 9.54. The number of nitrogens with zero attached hydrogens (tertiary/aromatic N) is 1. The summed E-state index contributed by atoms with van der Waals surface area (Å²) < 4.78 is 5.88. The van der Waals surface area contributed by atoms with Crippen LogP contribution in [0.2, 0.25) is 0 Å². The lowest BCUT2D eigenvalue weighted by molar-refractivity contribution is -0.125. The van der Waals surface area contributed by atoms with E-state index < -0.39 is 0 Å². The predicted octanol–water partition coefficient (Wildman–Crippen LogP) is 1.78. The van der Waals surface area contributed by atoms with Crippen molar-refractivity contribution in [3.05, 3.63) is 29.8 Å². The fraction of sp³-hybridized carbons (Fsp3) is 0.500. The highest BCUT2D eigenvalue weighted by Crippen LogP contribution is 2.18. The van der Waals surface area contributed by atoms with Gasteiger partial charge >= 0.3 is 0 Å². The van der Waals surface area contributed by atoms with Crippen molar-refractivity contribution < 1.29 is 14.6 Å². The minimum Gasteiger partial charge on any atom is -0.392 e. The van der Waals surface area contributed by atoms with Crippen LogP contribution in [-0.2, 0) is 16.0 Å². The first kappa shape index (κ1) is 14.7. The summed E-state index contributed by atoms with van der Waals surface area (Å²) in [7, 11) is 0. The van der Waals surface area contributed by atoms with E-state index in [0.717, 1.165) is 23.0 Å². The average molecular weight is 375 g/mol. The van der Waals surface area contributed by atoms with Crippen molar-refractivity contribution >= 4 is 34.2 Å². The Hall–Kier alpha value is -0.660. The third kappa shape index (κ3) is 4.15. The molecule has 1 aromatic carbocycles. The molecule has 0 bridgehead atoms. The van der Waals surface area contributed by atoms with E-state index in [1.165, 1.54) is 5.56 Å². The second-order valence-electron chi connectivity index (χ2n) is 4.61. The molecule has 5 heteroatoms. The molecule has 1 aliphatic heterocycles. The summed E-state index contributed by atoms with van der Waals surface area (Å²) in [6, 6.07) is 7.99. The molecule has 0 unspecified atom stereocenters. The van der Waals surface area contributed by atoms with Crippen LogP contribution in [0.1, 0.15) is 12.0 Å². The van der Waals surface area contributed by atoms with Crippen molar-refractivity contribution in [1.82, 2.24) is 0 Å². The smallest absolute Gasteiger partial charge is 0.253 e. The summed E-state index contributed by atoms with van der Waals surface area (Å²) >= 11 is 2.19. The van der Waals surface area contributed by atoms with Crippen molar-refractivity contribution in [1.29, 1.82) is 0 Å². The predicted molar refractivity (Wildman–Crippen MR) is 82.8 cm³/mol. The van der Waals surface area contributed by atoms with Crippen LogP contribution in [0.3, 0.4) is 0 Å². The second kappa shape index (κ2) is 7.21. The van der Waals surface area contributed by atoms with Crippen LogP contribution in [0.5, 0.6) is 0 Å². The van der Waals surface area contributed by atoms with Crippen LogP contribution in [0.25, 0.3) is 0 Å². The molecule has 4 nitrogen and oxygen atoms in total. The zero-order valence-corrected chi connectivity index (χ0v) is 12.9. The standard InChI is InChI=1S/C14H18INO3/c15-9-13(17)6-3-11-1-4-12(5-2-11)16-7-8-19-10-14(16)18/h1-2,4-5,13,17H,3,6-10H2/t13-/m1/s1. The van der Waals surface area contributed by atoms with E-state index in [2.05, 4.69) is 22.6 Å². The highest BCUT2D eigenvalue weighted by Gasteiger charge is 2.19. The Kier molecular flexibility index (Phi) is 5.59. The maximum Gasteiger partial charge on any atom is 0.253 e. The van der Waals surface area contributed by atoms with Crippen molar-refractivity contribution in [2.24, 2.45) is 0 Å². The number of aliphatic hydroxyl groups is 1. The van der Waals surface area contributed by atoms with Crippen molar-refractivity contribution in [2.45, 2.75) is 18.9 Å². The lowest BCUT2D eigenvalue weighted by Gasteiger charge is -2.26. The van der Waals surface area contributed by atoms with Gasteiger partial charge in [-0.25, -0.2) is 0 Å². The quantitative estimate of drug-likeness (QED) is 0.631. The summed E-state index contributed by atoms with van der Waals surface area (Å²) in [5.74, 6) is 0.0133. The molecule has 19 heavy (non-hydrogen) atoms. The average Bonchev–Trinajstić information content (AvgIpc) is 2.46. The molecule has 1 amide bonds. The Bertz CT molecular complexity index is 421. The van der Waals surface area contributed by atoms with Gasteiger partial charge in [0.15, 0.2) is 0 Å². The zero-order chi connectivity index (χ0) is 13.7. The van der Waals surface area contributed by atoms with Gasteiger partial charge in [0.25, 0.3) is 5.91 Å². The number of carbonyl (C=O) groups is 1. The van der Waals surface area contributed by atoms with E-state index in [1.807, 2.05) is 24.3 Å². The molecule has 1 fully saturated rings. The van der Waals surface area contributed by atoms with Crippen LogP contribution in [-0.4, -0.2) is 41.3 Å². The Morgan fingerprint density at radius 3 is 2.74 bits per heavy atom. The van der Waals surface area contributed by atoms with Gasteiger partial charge in [0.2, 0.25) is 0 Å². The van der Waals surface area contributed by atoms with Gasteiger partial charge in [0.05, 0.1) is 12.7 Å². The lowest BCUT2D eigenvalue weighted by atomic mass is 10.1. The van der Waals surface area contributed by atoms with E-state index >= 15 is 0 Å². The van der Waals surface area contributed by atoms with Crippen molar-refractivity contribution in [3.8, 4) is 0 Å². The van der Waals surface area contributed by atoms with Gasteiger partial charge in [-0.2, -0.15) is 0 Å². The largest absolute Gasteiger partial charge is 0.392 e. The van der Waals surface area contributed by atoms with Gasteiger partial charge in [0.1, 0.15) is 6.61 Å². The van der Waals surface area contributed by atoms with Gasteiger partial charge in [-0.05, 0) is 30.5 Å². The number of aryl methyl sites for hydroxylation is 1. The molecular weight excluding hydrogens is 357 g/mol. The highest BCUT2D eigenvalue weighted by molar-refractivity contribution is 14.1. The van der Waals surface area contributed by atoms with E-state index in [9.17, 15) is 9.90 Å². The van der Waals surface area contributed by atoms with Crippen LogP contribution in [0.4, 0.5) is 5.69 Å².